The van der Waals surface area contributed by atoms with Crippen LogP contribution in [0.2, 0.25) is 0 Å². The summed E-state index contributed by atoms with van der Waals surface area (Å²) in [7, 11) is 2.93. The van der Waals surface area contributed by atoms with Gasteiger partial charge in [0, 0.05) is 49.3 Å². The average molecular weight is 616 g/mol. The van der Waals surface area contributed by atoms with E-state index in [2.05, 4.69) is 15.4 Å². The molecule has 3 aromatic rings. The Balaban J connectivity index is 1.76. The number of rotatable bonds is 10. The number of nitrogens with one attached hydrogen (secondary N) is 2. The Morgan fingerprint density at radius 2 is 1.82 bits per heavy atom. The van der Waals surface area contributed by atoms with Crippen molar-refractivity contribution in [2.24, 2.45) is 5.92 Å². The van der Waals surface area contributed by atoms with Crippen molar-refractivity contribution in [3.05, 3.63) is 94.1 Å². The van der Waals surface area contributed by atoms with E-state index in [0.29, 0.717) is 36.6 Å². The number of carbonyl (C=O) groups is 2. The van der Waals surface area contributed by atoms with E-state index in [1.807, 2.05) is 0 Å². The van der Waals surface area contributed by atoms with Gasteiger partial charge in [-0.05, 0) is 81.1 Å². The zero-order chi connectivity index (χ0) is 32.0. The number of alkyl carbamates (subject to hydrolysis) is 1. The molecular formula is C33H37F4N3O4. The molecular weight excluding hydrogens is 578 g/mol. The van der Waals surface area contributed by atoms with Crippen molar-refractivity contribution < 1.29 is 37.0 Å². The van der Waals surface area contributed by atoms with Crippen molar-refractivity contribution in [3.8, 4) is 11.1 Å². The van der Waals surface area contributed by atoms with Gasteiger partial charge in [-0.2, -0.15) is 0 Å². The molecule has 1 aliphatic heterocycles. The van der Waals surface area contributed by atoms with Gasteiger partial charge < -0.3 is 25.4 Å². The van der Waals surface area contributed by atoms with Gasteiger partial charge in [0.25, 0.3) is 5.91 Å². The third-order valence-electron chi connectivity index (χ3n) is 8.13. The largest absolute Gasteiger partial charge is 0.453 e. The van der Waals surface area contributed by atoms with E-state index in [0.717, 1.165) is 6.07 Å². The molecule has 3 aromatic carbocycles. The Morgan fingerprint density at radius 3 is 2.52 bits per heavy atom. The van der Waals surface area contributed by atoms with Gasteiger partial charge >= 0.3 is 6.09 Å². The van der Waals surface area contributed by atoms with Crippen LogP contribution in [0.1, 0.15) is 52.7 Å². The first kappa shape index (κ1) is 32.9. The monoisotopic (exact) mass is 615 g/mol. The van der Waals surface area contributed by atoms with Crippen LogP contribution in [0.3, 0.4) is 0 Å². The first-order valence-electron chi connectivity index (χ1n) is 14.5. The van der Waals surface area contributed by atoms with E-state index in [4.69, 9.17) is 0 Å². The van der Waals surface area contributed by atoms with Gasteiger partial charge in [0.15, 0.2) is 0 Å². The predicted molar refractivity (Wildman–Crippen MR) is 158 cm³/mol. The lowest BCUT2D eigenvalue weighted by Gasteiger charge is -2.43. The quantitative estimate of drug-likeness (QED) is 0.198. The number of hydrogen-bond donors (Lipinski definition) is 3. The first-order valence-corrected chi connectivity index (χ1v) is 14.5. The first-order chi connectivity index (χ1) is 21.0. The highest BCUT2D eigenvalue weighted by atomic mass is 19.1. The Morgan fingerprint density at radius 1 is 1.05 bits per heavy atom. The lowest BCUT2D eigenvalue weighted by molar-refractivity contribution is -0.0567. The lowest BCUT2D eigenvalue weighted by atomic mass is 9.72. The molecule has 2 atom stereocenters. The molecule has 0 saturated carbocycles. The fourth-order valence-corrected chi connectivity index (χ4v) is 5.97. The minimum absolute atomic E-state index is 0.0503. The van der Waals surface area contributed by atoms with E-state index in [1.54, 1.807) is 20.0 Å². The Labute approximate surface area is 254 Å². The summed E-state index contributed by atoms with van der Waals surface area (Å²) in [5.41, 5.74) is -1.41. The molecule has 44 heavy (non-hydrogen) atoms. The maximum atomic E-state index is 15.6. The number of likely N-dealkylation sites (tertiary alicyclic amines) is 1. The lowest BCUT2D eigenvalue weighted by Crippen LogP contribution is -2.48. The zero-order valence-electron chi connectivity index (χ0n) is 25.0. The minimum Gasteiger partial charge on any atom is -0.453 e. The fourth-order valence-electron chi connectivity index (χ4n) is 5.97. The summed E-state index contributed by atoms with van der Waals surface area (Å²) in [6, 6.07) is 10.1. The molecule has 7 nitrogen and oxygen atoms in total. The van der Waals surface area contributed by atoms with Crippen LogP contribution in [0.25, 0.3) is 11.1 Å². The number of benzene rings is 3. The van der Waals surface area contributed by atoms with Crippen LogP contribution < -0.4 is 10.6 Å². The van der Waals surface area contributed by atoms with Crippen LogP contribution in [0, 0.1) is 36.1 Å². The van der Waals surface area contributed by atoms with Crippen molar-refractivity contribution in [2.75, 3.05) is 33.8 Å². The molecule has 3 N–H and O–H groups in total. The molecule has 2 unspecified atom stereocenters. The number of nitrogens with zero attached hydrogens (tertiary/aromatic N) is 1. The topological polar surface area (TPSA) is 90.9 Å². The number of halogens is 4. The van der Waals surface area contributed by atoms with E-state index in [1.165, 1.54) is 42.3 Å². The number of aliphatic hydroxyl groups is 1. The molecule has 4 rings (SSSR count). The van der Waals surface area contributed by atoms with Crippen molar-refractivity contribution in [2.45, 2.75) is 44.8 Å². The number of hydrogen-bond acceptors (Lipinski definition) is 5. The number of methoxy groups -OCH3 is 1. The molecule has 236 valence electrons. The molecule has 0 aromatic heterocycles. The van der Waals surface area contributed by atoms with Gasteiger partial charge in [-0.3, -0.25) is 4.79 Å². The van der Waals surface area contributed by atoms with E-state index >= 15 is 8.78 Å². The number of carbonyl (C=O) groups excluding carboxylic acids is 2. The van der Waals surface area contributed by atoms with Crippen LogP contribution >= 0.6 is 0 Å². The molecule has 1 aliphatic rings. The molecule has 2 amide bonds. The highest BCUT2D eigenvalue weighted by molar-refractivity contribution is 5.94. The Kier molecular flexibility index (Phi) is 10.6. The second-order valence-corrected chi connectivity index (χ2v) is 11.2. The summed E-state index contributed by atoms with van der Waals surface area (Å²) in [6.45, 7) is 2.42. The molecule has 0 aliphatic carbocycles. The molecule has 1 heterocycles. The molecule has 1 fully saturated rings. The van der Waals surface area contributed by atoms with Crippen LogP contribution in [0.4, 0.5) is 22.4 Å². The van der Waals surface area contributed by atoms with Crippen molar-refractivity contribution in [1.82, 2.24) is 15.5 Å². The fraction of sp³-hybridized carbons (Fsp3) is 0.394. The summed E-state index contributed by atoms with van der Waals surface area (Å²) in [6.07, 6.45) is 0.156. The van der Waals surface area contributed by atoms with Gasteiger partial charge in [-0.25, -0.2) is 22.4 Å². The van der Waals surface area contributed by atoms with Gasteiger partial charge in [-0.1, -0.05) is 17.7 Å². The van der Waals surface area contributed by atoms with Gasteiger partial charge in [0.1, 0.15) is 23.3 Å². The van der Waals surface area contributed by atoms with Gasteiger partial charge in [0.05, 0.1) is 18.3 Å². The SMILES string of the molecule is CNCc1ccc(C(=O)N2CCCC(C(O)(CCCNC(=O)OC)c3cc(F)cc(F)c3-c3cc(C)ccc3F)C2)c(F)c1. The normalized spacial score (nSPS) is 16.4. The number of ether oxygens (including phenoxy) is 1. The molecule has 0 bridgehead atoms. The maximum Gasteiger partial charge on any atom is 0.406 e. The highest BCUT2D eigenvalue weighted by Gasteiger charge is 2.44. The molecule has 0 radical (unpaired) electrons. The average Bonchev–Trinajstić information content (AvgIpc) is 3.00. The zero-order valence-corrected chi connectivity index (χ0v) is 25.0. The number of amides is 2. The third kappa shape index (κ3) is 7.22. The smallest absolute Gasteiger partial charge is 0.406 e. The van der Waals surface area contributed by atoms with Crippen LogP contribution in [-0.4, -0.2) is 55.8 Å². The summed E-state index contributed by atoms with van der Waals surface area (Å²) in [5.74, 6) is -4.80. The number of piperidine rings is 1. The summed E-state index contributed by atoms with van der Waals surface area (Å²) in [5, 5.41) is 17.9. The van der Waals surface area contributed by atoms with E-state index < -0.39 is 46.8 Å². The Hall–Kier alpha value is -3.96. The van der Waals surface area contributed by atoms with Crippen LogP contribution in [0.15, 0.2) is 48.5 Å². The molecule has 1 saturated heterocycles. The maximum absolute atomic E-state index is 15.6. The van der Waals surface area contributed by atoms with Gasteiger partial charge in [0.2, 0.25) is 0 Å². The van der Waals surface area contributed by atoms with Crippen molar-refractivity contribution >= 4 is 12.0 Å². The second-order valence-electron chi connectivity index (χ2n) is 11.2. The van der Waals surface area contributed by atoms with Crippen molar-refractivity contribution in [1.29, 1.82) is 0 Å². The predicted octanol–water partition coefficient (Wildman–Crippen LogP) is 5.81. The highest BCUT2D eigenvalue weighted by Crippen LogP contribution is 2.45. The van der Waals surface area contributed by atoms with Crippen molar-refractivity contribution in [3.63, 3.8) is 0 Å². The third-order valence-corrected chi connectivity index (χ3v) is 8.13. The standard InChI is InChI=1S/C33H37F4N3O4/c1-20-7-10-27(35)25(14-20)30-26(16-23(34)17-29(30)37)33(43,11-5-12-39-32(42)44-3)22-6-4-13-40(19-22)31(41)24-9-8-21(18-38-2)15-28(24)36/h7-10,14-17,22,38,43H,4-6,11-13,18-19H2,1-3H3,(H,39,42). The minimum atomic E-state index is -1.97. The summed E-state index contributed by atoms with van der Waals surface area (Å²) >= 11 is 0. The number of aryl methyl sites for hydroxylation is 1. The second kappa shape index (κ2) is 14.2. The summed E-state index contributed by atoms with van der Waals surface area (Å²) < 4.78 is 65.2. The van der Waals surface area contributed by atoms with Gasteiger partial charge in [-0.15, -0.1) is 0 Å². The Bertz CT molecular complexity index is 1520. The van der Waals surface area contributed by atoms with E-state index in [9.17, 15) is 23.5 Å². The van der Waals surface area contributed by atoms with Crippen LogP contribution in [-0.2, 0) is 16.9 Å². The van der Waals surface area contributed by atoms with E-state index in [-0.39, 0.29) is 54.7 Å². The molecule has 11 heteroatoms. The molecule has 0 spiro atoms. The van der Waals surface area contributed by atoms with Crippen LogP contribution in [0.5, 0.6) is 0 Å². The summed E-state index contributed by atoms with van der Waals surface area (Å²) in [4.78, 5) is 26.6.